The lowest BCUT2D eigenvalue weighted by Crippen LogP contribution is -2.50. The smallest absolute Gasteiger partial charge is 0.223 e. The molecule has 2 atom stereocenters. The van der Waals surface area contributed by atoms with E-state index in [1.165, 1.54) is 24.8 Å². The summed E-state index contributed by atoms with van der Waals surface area (Å²) >= 11 is 3.48. The Morgan fingerprint density at radius 2 is 1.74 bits per heavy atom. The number of rotatable bonds is 3. The van der Waals surface area contributed by atoms with Gasteiger partial charge in [-0.25, -0.2) is 0 Å². The summed E-state index contributed by atoms with van der Waals surface area (Å²) in [6, 6.07) is 8.71. The van der Waals surface area contributed by atoms with Crippen molar-refractivity contribution in [1.82, 2.24) is 5.32 Å². The summed E-state index contributed by atoms with van der Waals surface area (Å²) in [7, 11) is 0. The molecular formula is C19H25BrN2O. The van der Waals surface area contributed by atoms with Crippen LogP contribution in [-0.2, 0) is 10.3 Å². The van der Waals surface area contributed by atoms with Gasteiger partial charge in [0.15, 0.2) is 0 Å². The number of nitrogens with two attached hydrogens (primary N) is 1. The fourth-order valence-corrected chi connectivity index (χ4v) is 4.99. The fourth-order valence-electron chi connectivity index (χ4n) is 4.72. The first-order valence-electron chi connectivity index (χ1n) is 8.91. The minimum Gasteiger partial charge on any atom is -0.346 e. The minimum atomic E-state index is -0.105. The van der Waals surface area contributed by atoms with Crippen molar-refractivity contribution >= 4 is 21.8 Å². The molecule has 1 aromatic carbocycles. The first-order valence-corrected chi connectivity index (χ1v) is 9.70. The highest BCUT2D eigenvalue weighted by molar-refractivity contribution is 9.10. The fraction of sp³-hybridized carbons (Fsp3) is 0.632. The molecular weight excluding hydrogens is 352 g/mol. The average Bonchev–Trinajstić information content (AvgIpc) is 3.28. The van der Waals surface area contributed by atoms with Gasteiger partial charge in [-0.1, -0.05) is 34.5 Å². The van der Waals surface area contributed by atoms with Crippen LogP contribution < -0.4 is 11.1 Å². The van der Waals surface area contributed by atoms with Crippen LogP contribution >= 0.6 is 15.9 Å². The van der Waals surface area contributed by atoms with E-state index < -0.39 is 0 Å². The molecule has 3 N–H and O–H groups in total. The molecule has 1 aromatic rings. The van der Waals surface area contributed by atoms with Crippen molar-refractivity contribution < 1.29 is 4.79 Å². The maximum absolute atomic E-state index is 12.9. The number of carbonyl (C=O) groups is 1. The van der Waals surface area contributed by atoms with Crippen LogP contribution in [0.1, 0.15) is 50.5 Å². The zero-order chi connectivity index (χ0) is 16.0. The number of fused-ring (bicyclic) bond motifs is 2. The average molecular weight is 377 g/mol. The predicted molar refractivity (Wildman–Crippen MR) is 94.7 cm³/mol. The molecule has 0 aromatic heterocycles. The van der Waals surface area contributed by atoms with Crippen molar-refractivity contribution in [2.24, 2.45) is 23.5 Å². The van der Waals surface area contributed by atoms with Gasteiger partial charge in [-0.2, -0.15) is 0 Å². The van der Waals surface area contributed by atoms with Crippen molar-refractivity contribution in [1.29, 1.82) is 0 Å². The molecule has 3 saturated carbocycles. The number of halogens is 1. The molecule has 23 heavy (non-hydrogen) atoms. The van der Waals surface area contributed by atoms with E-state index in [0.29, 0.717) is 17.9 Å². The molecule has 4 rings (SSSR count). The van der Waals surface area contributed by atoms with E-state index in [1.54, 1.807) is 0 Å². The molecule has 2 unspecified atom stereocenters. The van der Waals surface area contributed by atoms with Crippen molar-refractivity contribution in [3.05, 3.63) is 34.3 Å². The number of carbonyl (C=O) groups excluding carboxylic acids is 1. The molecule has 124 valence electrons. The van der Waals surface area contributed by atoms with E-state index >= 15 is 0 Å². The van der Waals surface area contributed by atoms with Gasteiger partial charge in [-0.05, 0) is 68.1 Å². The molecule has 0 spiro atoms. The summed E-state index contributed by atoms with van der Waals surface area (Å²) in [5, 5.41) is 3.38. The summed E-state index contributed by atoms with van der Waals surface area (Å²) in [6.07, 6.45) is 7.79. The minimum absolute atomic E-state index is 0.105. The van der Waals surface area contributed by atoms with Crippen LogP contribution in [0.2, 0.25) is 0 Å². The SMILES string of the molecule is NC1C2CCCC1CC(C(=O)NC1(c3ccc(Br)cc3)CC1)C2. The molecule has 0 radical (unpaired) electrons. The monoisotopic (exact) mass is 376 g/mol. The Kier molecular flexibility index (Phi) is 4.01. The van der Waals surface area contributed by atoms with E-state index in [1.807, 2.05) is 0 Å². The second-order valence-electron chi connectivity index (χ2n) is 7.77. The molecule has 3 aliphatic carbocycles. The number of hydrogen-bond donors (Lipinski definition) is 2. The standard InChI is InChI=1S/C19H25BrN2O/c20-16-6-4-15(5-7-16)19(8-9-19)22-18(23)14-10-12-2-1-3-13(11-14)17(12)21/h4-7,12-14,17H,1-3,8-11,21H2,(H,22,23). The van der Waals surface area contributed by atoms with Crippen molar-refractivity contribution in [2.45, 2.75) is 56.5 Å². The third-order valence-electron chi connectivity index (χ3n) is 6.29. The van der Waals surface area contributed by atoms with Gasteiger partial charge in [-0.15, -0.1) is 0 Å². The van der Waals surface area contributed by atoms with Crippen molar-refractivity contribution in [3.8, 4) is 0 Å². The molecule has 3 fully saturated rings. The van der Waals surface area contributed by atoms with Crippen LogP contribution in [0.15, 0.2) is 28.7 Å². The third-order valence-corrected chi connectivity index (χ3v) is 6.82. The van der Waals surface area contributed by atoms with E-state index in [0.717, 1.165) is 30.2 Å². The summed E-state index contributed by atoms with van der Waals surface area (Å²) in [4.78, 5) is 12.9. The normalized spacial score (nSPS) is 34.7. The highest BCUT2D eigenvalue weighted by atomic mass is 79.9. The molecule has 2 bridgehead atoms. The summed E-state index contributed by atoms with van der Waals surface area (Å²) in [6.45, 7) is 0. The van der Waals surface area contributed by atoms with Gasteiger partial charge in [0, 0.05) is 16.4 Å². The largest absolute Gasteiger partial charge is 0.346 e. The van der Waals surface area contributed by atoms with E-state index in [4.69, 9.17) is 5.73 Å². The molecule has 3 aliphatic rings. The molecule has 3 nitrogen and oxygen atoms in total. The lowest BCUT2D eigenvalue weighted by Gasteiger charge is -2.43. The first-order chi connectivity index (χ1) is 11.1. The van der Waals surface area contributed by atoms with Crippen LogP contribution in [0.25, 0.3) is 0 Å². The zero-order valence-corrected chi connectivity index (χ0v) is 15.0. The highest BCUT2D eigenvalue weighted by Crippen LogP contribution is 2.47. The molecule has 4 heteroatoms. The van der Waals surface area contributed by atoms with Gasteiger partial charge in [0.1, 0.15) is 0 Å². The Labute approximate surface area is 146 Å². The molecule has 0 aliphatic heterocycles. The van der Waals surface area contributed by atoms with Crippen LogP contribution in [0, 0.1) is 17.8 Å². The van der Waals surface area contributed by atoms with Crippen molar-refractivity contribution in [3.63, 3.8) is 0 Å². The van der Waals surface area contributed by atoms with Gasteiger partial charge in [0.05, 0.1) is 5.54 Å². The quantitative estimate of drug-likeness (QED) is 0.844. The van der Waals surface area contributed by atoms with Crippen LogP contribution in [0.3, 0.4) is 0 Å². The number of nitrogens with one attached hydrogen (secondary N) is 1. The van der Waals surface area contributed by atoms with Gasteiger partial charge in [0.25, 0.3) is 0 Å². The predicted octanol–water partition coefficient (Wildman–Crippen LogP) is 3.71. The van der Waals surface area contributed by atoms with Crippen molar-refractivity contribution in [2.75, 3.05) is 0 Å². The van der Waals surface area contributed by atoms with E-state index in [2.05, 4.69) is 45.5 Å². The topological polar surface area (TPSA) is 55.1 Å². The Hall–Kier alpha value is -0.870. The van der Waals surface area contributed by atoms with E-state index in [9.17, 15) is 4.79 Å². The lowest BCUT2D eigenvalue weighted by molar-refractivity contribution is -0.129. The van der Waals surface area contributed by atoms with Crippen LogP contribution in [0.4, 0.5) is 0 Å². The van der Waals surface area contributed by atoms with Crippen LogP contribution in [-0.4, -0.2) is 11.9 Å². The third kappa shape index (κ3) is 2.96. The number of amides is 1. The summed E-state index contributed by atoms with van der Waals surface area (Å²) in [5.74, 6) is 1.54. The second kappa shape index (κ2) is 5.89. The highest BCUT2D eigenvalue weighted by Gasteiger charge is 2.48. The molecule has 1 amide bonds. The zero-order valence-electron chi connectivity index (χ0n) is 13.4. The second-order valence-corrected chi connectivity index (χ2v) is 8.69. The Balaban J connectivity index is 1.45. The van der Waals surface area contributed by atoms with E-state index in [-0.39, 0.29) is 17.4 Å². The van der Waals surface area contributed by atoms with Gasteiger partial charge in [0.2, 0.25) is 5.91 Å². The lowest BCUT2D eigenvalue weighted by atomic mass is 9.65. The Bertz CT molecular complexity index is 582. The number of hydrogen-bond acceptors (Lipinski definition) is 2. The molecule has 0 saturated heterocycles. The van der Waals surface area contributed by atoms with Gasteiger partial charge in [-0.3, -0.25) is 4.79 Å². The summed E-state index contributed by atoms with van der Waals surface area (Å²) < 4.78 is 1.08. The number of benzene rings is 1. The molecule has 0 heterocycles. The first kappa shape index (κ1) is 15.6. The van der Waals surface area contributed by atoms with Gasteiger partial charge < -0.3 is 11.1 Å². The van der Waals surface area contributed by atoms with Crippen LogP contribution in [0.5, 0.6) is 0 Å². The summed E-state index contributed by atoms with van der Waals surface area (Å²) in [5.41, 5.74) is 7.49. The maximum atomic E-state index is 12.9. The Morgan fingerprint density at radius 1 is 1.13 bits per heavy atom. The van der Waals surface area contributed by atoms with Gasteiger partial charge >= 0.3 is 0 Å². The Morgan fingerprint density at radius 3 is 2.30 bits per heavy atom. The maximum Gasteiger partial charge on any atom is 0.223 e.